The van der Waals surface area contributed by atoms with Crippen molar-refractivity contribution >= 4 is 33.6 Å². The van der Waals surface area contributed by atoms with Crippen LogP contribution in [0.1, 0.15) is 52.4 Å². The molecule has 0 saturated carbocycles. The lowest BCUT2D eigenvalue weighted by Crippen LogP contribution is -2.41. The van der Waals surface area contributed by atoms with Gasteiger partial charge in [-0.1, -0.05) is 36.4 Å². The number of para-hydroxylation sites is 2. The van der Waals surface area contributed by atoms with Gasteiger partial charge in [-0.2, -0.15) is 0 Å². The molecule has 3 heterocycles. The van der Waals surface area contributed by atoms with Crippen molar-refractivity contribution in [3.05, 3.63) is 82.3 Å². The molecule has 2 aliphatic rings. The van der Waals surface area contributed by atoms with Crippen molar-refractivity contribution in [1.29, 1.82) is 0 Å². The van der Waals surface area contributed by atoms with Crippen LogP contribution in [0.4, 0.5) is 0 Å². The third-order valence-electron chi connectivity index (χ3n) is 7.51. The first-order valence-electron chi connectivity index (χ1n) is 12.4. The zero-order valence-corrected chi connectivity index (χ0v) is 19.6. The highest BCUT2D eigenvalue weighted by atomic mass is 16.2. The van der Waals surface area contributed by atoms with Crippen LogP contribution < -0.4 is 5.69 Å². The lowest BCUT2D eigenvalue weighted by Gasteiger charge is -2.32. The van der Waals surface area contributed by atoms with Gasteiger partial charge in [0.2, 0.25) is 0 Å². The minimum atomic E-state index is -0.190. The minimum Gasteiger partial charge on any atom is -0.306 e. The fraction of sp³-hybridized carbons (Fsp3) is 0.321. The number of carbonyl (C=O) groups is 2. The molecule has 6 rings (SSSR count). The smallest absolute Gasteiger partial charge is 0.306 e. The Bertz CT molecular complexity index is 1440. The number of imidazole rings is 1. The van der Waals surface area contributed by atoms with Gasteiger partial charge in [0.05, 0.1) is 11.0 Å². The molecule has 1 aromatic heterocycles. The summed E-state index contributed by atoms with van der Waals surface area (Å²) in [6.45, 7) is 3.24. The Morgan fingerprint density at radius 3 is 2.14 bits per heavy atom. The van der Waals surface area contributed by atoms with Crippen molar-refractivity contribution in [3.8, 4) is 0 Å². The maximum Gasteiger partial charge on any atom is 0.326 e. The summed E-state index contributed by atoms with van der Waals surface area (Å²) in [6.07, 6.45) is 3.56. The fourth-order valence-electron chi connectivity index (χ4n) is 5.73. The standard InChI is InChI=1S/C28H28N4O3/c33-26-21-9-5-7-19-8-6-10-22(25(19)21)27(34)31(26)16-4-3-15-30-17-13-20(14-18-30)32-24-12-2-1-11-23(24)29-28(32)35/h1-2,5-12,20H,3-4,13-18H2,(H,29,35). The highest BCUT2D eigenvalue weighted by molar-refractivity contribution is 6.25. The van der Waals surface area contributed by atoms with Crippen LogP contribution in [0.2, 0.25) is 0 Å². The summed E-state index contributed by atoms with van der Waals surface area (Å²) in [7, 11) is 0. The number of nitrogens with zero attached hydrogens (tertiary/aromatic N) is 3. The molecular weight excluding hydrogens is 440 g/mol. The Kier molecular flexibility index (Phi) is 5.49. The molecule has 2 amide bonds. The first-order chi connectivity index (χ1) is 17.1. The number of piperidine rings is 1. The summed E-state index contributed by atoms with van der Waals surface area (Å²) < 4.78 is 1.92. The summed E-state index contributed by atoms with van der Waals surface area (Å²) in [6, 6.07) is 19.3. The van der Waals surface area contributed by atoms with Crippen LogP contribution in [0.25, 0.3) is 21.8 Å². The first kappa shape index (κ1) is 21.8. The number of nitrogens with one attached hydrogen (secondary N) is 1. The zero-order valence-electron chi connectivity index (χ0n) is 19.6. The number of rotatable bonds is 6. The minimum absolute atomic E-state index is 0.0298. The van der Waals surface area contributed by atoms with E-state index in [1.165, 1.54) is 4.90 Å². The SMILES string of the molecule is O=C1c2cccc3cccc(c23)C(=O)N1CCCCN1CCC(n2c(=O)[nH]c3ccccc32)CC1. The molecule has 35 heavy (non-hydrogen) atoms. The van der Waals surface area contributed by atoms with E-state index in [0.29, 0.717) is 17.7 Å². The second-order valence-electron chi connectivity index (χ2n) is 9.57. The monoisotopic (exact) mass is 468 g/mol. The van der Waals surface area contributed by atoms with E-state index in [-0.39, 0.29) is 23.5 Å². The van der Waals surface area contributed by atoms with Crippen molar-refractivity contribution < 1.29 is 9.59 Å². The van der Waals surface area contributed by atoms with Crippen LogP contribution >= 0.6 is 0 Å². The molecule has 1 saturated heterocycles. The lowest BCUT2D eigenvalue weighted by molar-refractivity contribution is 0.0606. The summed E-state index contributed by atoms with van der Waals surface area (Å²) in [5.41, 5.74) is 3.07. The largest absolute Gasteiger partial charge is 0.326 e. The number of hydrogen-bond donors (Lipinski definition) is 1. The topological polar surface area (TPSA) is 78.4 Å². The van der Waals surface area contributed by atoms with E-state index in [1.54, 1.807) is 0 Å². The second kappa shape index (κ2) is 8.82. The van der Waals surface area contributed by atoms with Gasteiger partial charge in [-0.3, -0.25) is 19.1 Å². The molecule has 0 radical (unpaired) electrons. The maximum absolute atomic E-state index is 13.0. The van der Waals surface area contributed by atoms with E-state index in [1.807, 2.05) is 65.2 Å². The number of aromatic amines is 1. The predicted molar refractivity (Wildman–Crippen MR) is 136 cm³/mol. The summed E-state index contributed by atoms with van der Waals surface area (Å²) in [4.78, 5) is 45.4. The molecule has 0 bridgehead atoms. The number of aromatic nitrogens is 2. The van der Waals surface area contributed by atoms with Gasteiger partial charge in [0, 0.05) is 42.2 Å². The van der Waals surface area contributed by atoms with Crippen molar-refractivity contribution in [2.24, 2.45) is 0 Å². The summed E-state index contributed by atoms with van der Waals surface area (Å²) >= 11 is 0. The van der Waals surface area contributed by atoms with Gasteiger partial charge < -0.3 is 9.88 Å². The molecule has 178 valence electrons. The van der Waals surface area contributed by atoms with E-state index in [2.05, 4.69) is 9.88 Å². The molecular formula is C28H28N4O3. The zero-order chi connectivity index (χ0) is 23.9. The van der Waals surface area contributed by atoms with Gasteiger partial charge in [0.1, 0.15) is 0 Å². The molecule has 0 atom stereocenters. The van der Waals surface area contributed by atoms with Gasteiger partial charge in [-0.05, 0) is 61.9 Å². The molecule has 4 aromatic rings. The van der Waals surface area contributed by atoms with Crippen LogP contribution in [0, 0.1) is 0 Å². The molecule has 0 aliphatic carbocycles. The number of unbranched alkanes of at least 4 members (excludes halogenated alkanes) is 1. The van der Waals surface area contributed by atoms with E-state index in [4.69, 9.17) is 0 Å². The number of carbonyl (C=O) groups excluding carboxylic acids is 2. The molecule has 1 fully saturated rings. The predicted octanol–water partition coefficient (Wildman–Crippen LogP) is 4.20. The number of H-pyrrole nitrogens is 1. The van der Waals surface area contributed by atoms with E-state index in [9.17, 15) is 14.4 Å². The average Bonchev–Trinajstić information content (AvgIpc) is 3.22. The highest BCUT2D eigenvalue weighted by Gasteiger charge is 2.32. The number of imide groups is 1. The van der Waals surface area contributed by atoms with Crippen LogP contribution in [0.3, 0.4) is 0 Å². The van der Waals surface area contributed by atoms with E-state index >= 15 is 0 Å². The Morgan fingerprint density at radius 2 is 1.43 bits per heavy atom. The van der Waals surface area contributed by atoms with Crippen molar-refractivity contribution in [1.82, 2.24) is 19.4 Å². The first-order valence-corrected chi connectivity index (χ1v) is 12.4. The summed E-state index contributed by atoms with van der Waals surface area (Å²) in [5, 5.41) is 1.71. The number of hydrogen-bond acceptors (Lipinski definition) is 4. The molecule has 0 unspecified atom stereocenters. The quantitative estimate of drug-likeness (QED) is 0.340. The van der Waals surface area contributed by atoms with Crippen molar-refractivity contribution in [2.75, 3.05) is 26.2 Å². The maximum atomic E-state index is 13.0. The van der Waals surface area contributed by atoms with Crippen LogP contribution in [-0.2, 0) is 0 Å². The second-order valence-corrected chi connectivity index (χ2v) is 9.57. The normalized spacial score (nSPS) is 17.1. The van der Waals surface area contributed by atoms with Gasteiger partial charge in [-0.15, -0.1) is 0 Å². The molecule has 2 aliphatic heterocycles. The van der Waals surface area contributed by atoms with Crippen molar-refractivity contribution in [3.63, 3.8) is 0 Å². The summed E-state index contributed by atoms with van der Waals surface area (Å²) in [5.74, 6) is -0.381. The van der Waals surface area contributed by atoms with Gasteiger partial charge >= 0.3 is 5.69 Å². The van der Waals surface area contributed by atoms with E-state index < -0.39 is 0 Å². The van der Waals surface area contributed by atoms with Crippen LogP contribution in [0.5, 0.6) is 0 Å². The van der Waals surface area contributed by atoms with Gasteiger partial charge in [0.25, 0.3) is 11.8 Å². The molecule has 0 spiro atoms. The van der Waals surface area contributed by atoms with Crippen LogP contribution in [-0.4, -0.2) is 57.3 Å². The lowest BCUT2D eigenvalue weighted by atomic mass is 9.94. The van der Waals surface area contributed by atoms with Crippen molar-refractivity contribution in [2.45, 2.75) is 31.7 Å². The Hall–Kier alpha value is -3.71. The number of likely N-dealkylation sites (tertiary alicyclic amines) is 1. The highest BCUT2D eigenvalue weighted by Crippen LogP contribution is 2.30. The number of amides is 2. The fourth-order valence-corrected chi connectivity index (χ4v) is 5.73. The molecule has 7 heteroatoms. The third kappa shape index (κ3) is 3.76. The molecule has 1 N–H and O–H groups in total. The Labute approximate surface area is 202 Å². The molecule has 7 nitrogen and oxygen atoms in total. The average molecular weight is 469 g/mol. The third-order valence-corrected chi connectivity index (χ3v) is 7.51. The van der Waals surface area contributed by atoms with E-state index in [0.717, 1.165) is 67.1 Å². The van der Waals surface area contributed by atoms with Gasteiger partial charge in [0.15, 0.2) is 0 Å². The van der Waals surface area contributed by atoms with Gasteiger partial charge in [-0.25, -0.2) is 4.79 Å². The Balaban J connectivity index is 1.04. The Morgan fingerprint density at radius 1 is 0.771 bits per heavy atom. The number of benzene rings is 3. The molecule has 3 aromatic carbocycles. The van der Waals surface area contributed by atoms with Crippen LogP contribution in [0.15, 0.2) is 65.5 Å². The number of fused-ring (bicyclic) bond motifs is 1.